The molecule has 1 saturated heterocycles. The number of esters is 1. The van der Waals surface area contributed by atoms with Crippen molar-refractivity contribution in [2.75, 3.05) is 25.5 Å². The summed E-state index contributed by atoms with van der Waals surface area (Å²) in [5.74, 6) is -0.477. The van der Waals surface area contributed by atoms with Gasteiger partial charge in [-0.2, -0.15) is 0 Å². The van der Waals surface area contributed by atoms with Crippen LogP contribution in [0.25, 0.3) is 0 Å². The summed E-state index contributed by atoms with van der Waals surface area (Å²) in [6, 6.07) is 23.9. The number of carbonyl (C=O) groups is 2. The molecule has 0 bridgehead atoms. The molecule has 0 radical (unpaired) electrons. The van der Waals surface area contributed by atoms with Crippen LogP contribution in [0, 0.1) is 5.92 Å². The average Bonchev–Trinajstić information content (AvgIpc) is 3.64. The van der Waals surface area contributed by atoms with E-state index >= 15 is 0 Å². The van der Waals surface area contributed by atoms with Crippen LogP contribution in [0.3, 0.4) is 0 Å². The Labute approximate surface area is 277 Å². The van der Waals surface area contributed by atoms with Gasteiger partial charge in [-0.05, 0) is 41.7 Å². The summed E-state index contributed by atoms with van der Waals surface area (Å²) in [7, 11) is 1.31. The predicted molar refractivity (Wildman–Crippen MR) is 182 cm³/mol. The molecule has 3 N–H and O–H groups in total. The first-order chi connectivity index (χ1) is 22.9. The number of aliphatic hydroxyl groups is 1. The number of aliphatic hydroxyl groups excluding tert-OH is 1. The highest BCUT2D eigenvalue weighted by Crippen LogP contribution is 2.42. The molecular weight excluding hydrogens is 594 g/mol. The molecule has 250 valence electrons. The monoisotopic (exact) mass is 641 g/mol. The van der Waals surface area contributed by atoms with E-state index in [0.29, 0.717) is 18.2 Å². The fourth-order valence-electron chi connectivity index (χ4n) is 6.64. The van der Waals surface area contributed by atoms with Crippen LogP contribution in [0.2, 0.25) is 0 Å². The topological polar surface area (TPSA) is 109 Å². The van der Waals surface area contributed by atoms with Crippen molar-refractivity contribution >= 4 is 17.7 Å². The van der Waals surface area contributed by atoms with Crippen molar-refractivity contribution in [3.63, 3.8) is 0 Å². The van der Waals surface area contributed by atoms with Crippen LogP contribution in [-0.4, -0.2) is 60.4 Å². The summed E-state index contributed by atoms with van der Waals surface area (Å²) in [5, 5.41) is 15.2. The van der Waals surface area contributed by atoms with Gasteiger partial charge >= 0.3 is 12.0 Å². The third-order valence-electron chi connectivity index (χ3n) is 9.23. The quantitative estimate of drug-likeness (QED) is 0.148. The lowest BCUT2D eigenvalue weighted by Gasteiger charge is -2.43. The number of benzene rings is 3. The van der Waals surface area contributed by atoms with Crippen LogP contribution in [0.1, 0.15) is 67.3 Å². The standard InChI is InChI=1S/C38H47N3O6/c1-4-21-41(32-15-8-9-16-32)24-34-26(2)35(29-19-17-28(25-42)18-20-29)47-37(46-34)30-13-10-14-31(23-30)39-38(44)40-33(36(43)45-3)22-27-11-6-5-7-12-27/h4-7,10-14,17-20,23,26,32-35,37,42H,1,8-9,15-16,21-22,24-25H2,2-3H3,(H2,39,40,44)/t26-,33+,34+,35+,37+/m1/s1. The van der Waals surface area contributed by atoms with Gasteiger partial charge in [0, 0.05) is 42.7 Å². The third-order valence-corrected chi connectivity index (χ3v) is 9.23. The number of nitrogens with zero attached hydrogens (tertiary/aromatic N) is 1. The van der Waals surface area contributed by atoms with E-state index in [1.165, 1.54) is 32.8 Å². The smallest absolute Gasteiger partial charge is 0.328 e. The van der Waals surface area contributed by atoms with Gasteiger partial charge in [0.2, 0.25) is 0 Å². The second kappa shape index (κ2) is 16.7. The highest BCUT2D eigenvalue weighted by atomic mass is 16.7. The van der Waals surface area contributed by atoms with E-state index in [1.54, 1.807) is 6.07 Å². The first-order valence-corrected chi connectivity index (χ1v) is 16.5. The van der Waals surface area contributed by atoms with Gasteiger partial charge in [-0.3, -0.25) is 4.90 Å². The van der Waals surface area contributed by atoms with E-state index in [9.17, 15) is 14.7 Å². The Morgan fingerprint density at radius 1 is 1.00 bits per heavy atom. The molecular formula is C38H47N3O6. The molecule has 0 aromatic heterocycles. The number of hydrogen-bond acceptors (Lipinski definition) is 7. The molecule has 9 nitrogen and oxygen atoms in total. The van der Waals surface area contributed by atoms with Crippen LogP contribution in [0.4, 0.5) is 10.5 Å². The van der Waals surface area contributed by atoms with Gasteiger partial charge in [-0.15, -0.1) is 6.58 Å². The predicted octanol–water partition coefficient (Wildman–Crippen LogP) is 6.31. The maximum Gasteiger partial charge on any atom is 0.328 e. The zero-order valence-electron chi connectivity index (χ0n) is 27.3. The lowest BCUT2D eigenvalue weighted by molar-refractivity contribution is -0.276. The van der Waals surface area contributed by atoms with Gasteiger partial charge in [-0.1, -0.05) is 92.6 Å². The molecule has 2 amide bonds. The molecule has 0 spiro atoms. The lowest BCUT2D eigenvalue weighted by Crippen LogP contribution is -2.47. The van der Waals surface area contributed by atoms with Gasteiger partial charge in [0.1, 0.15) is 6.04 Å². The third kappa shape index (κ3) is 9.08. The average molecular weight is 642 g/mol. The first-order valence-electron chi connectivity index (χ1n) is 16.5. The van der Waals surface area contributed by atoms with Crippen molar-refractivity contribution in [2.45, 2.75) is 76.2 Å². The number of amides is 2. The summed E-state index contributed by atoms with van der Waals surface area (Å²) in [5.41, 5.74) is 4.07. The van der Waals surface area contributed by atoms with Crippen molar-refractivity contribution in [2.24, 2.45) is 5.92 Å². The number of urea groups is 1. The molecule has 5 rings (SSSR count). The molecule has 0 unspecified atom stereocenters. The SMILES string of the molecule is C=CCN(C[C@@H]1O[C@H](c2cccc(NC(=O)N[C@@H](Cc3ccccc3)C(=O)OC)c2)O[C@H](c2ccc(CO)cc2)[C@@H]1C)C1CCCC1. The van der Waals surface area contributed by atoms with Crippen molar-refractivity contribution < 1.29 is 28.9 Å². The molecule has 2 aliphatic rings. The molecule has 1 aliphatic heterocycles. The molecule has 9 heteroatoms. The lowest BCUT2D eigenvalue weighted by atomic mass is 9.89. The summed E-state index contributed by atoms with van der Waals surface area (Å²) in [6.45, 7) is 7.71. The Morgan fingerprint density at radius 3 is 2.43 bits per heavy atom. The van der Waals surface area contributed by atoms with Gasteiger partial charge in [0.15, 0.2) is 6.29 Å². The first kappa shape index (κ1) is 34.3. The molecule has 2 fully saturated rings. The molecule has 47 heavy (non-hydrogen) atoms. The van der Waals surface area contributed by atoms with E-state index in [1.807, 2.05) is 78.9 Å². The second-order valence-electron chi connectivity index (χ2n) is 12.5. The highest BCUT2D eigenvalue weighted by molar-refractivity contribution is 5.92. The number of rotatable bonds is 13. The minimum Gasteiger partial charge on any atom is -0.467 e. The zero-order valence-corrected chi connectivity index (χ0v) is 27.3. The second-order valence-corrected chi connectivity index (χ2v) is 12.5. The summed E-state index contributed by atoms with van der Waals surface area (Å²) >= 11 is 0. The largest absolute Gasteiger partial charge is 0.467 e. The molecule has 3 aromatic rings. The van der Waals surface area contributed by atoms with E-state index in [-0.39, 0.29) is 24.7 Å². The van der Waals surface area contributed by atoms with Crippen LogP contribution in [-0.2, 0) is 32.0 Å². The fourth-order valence-corrected chi connectivity index (χ4v) is 6.64. The summed E-state index contributed by atoms with van der Waals surface area (Å²) in [4.78, 5) is 28.1. The van der Waals surface area contributed by atoms with Gasteiger partial charge in [0.05, 0.1) is 25.9 Å². The number of carbonyl (C=O) groups excluding carboxylic acids is 2. The summed E-state index contributed by atoms with van der Waals surface area (Å²) < 4.78 is 18.3. The minimum absolute atomic E-state index is 0.0202. The van der Waals surface area contributed by atoms with E-state index < -0.39 is 24.3 Å². The number of anilines is 1. The molecule has 3 aromatic carbocycles. The Hall–Kier alpha value is -4.02. The molecule has 1 heterocycles. The van der Waals surface area contributed by atoms with Crippen LogP contribution >= 0.6 is 0 Å². The zero-order chi connectivity index (χ0) is 33.2. The molecule has 5 atom stereocenters. The van der Waals surface area contributed by atoms with Crippen molar-refractivity contribution in [1.29, 1.82) is 0 Å². The Morgan fingerprint density at radius 2 is 1.74 bits per heavy atom. The van der Waals surface area contributed by atoms with E-state index in [0.717, 1.165) is 35.3 Å². The van der Waals surface area contributed by atoms with Crippen LogP contribution in [0.5, 0.6) is 0 Å². The van der Waals surface area contributed by atoms with E-state index in [2.05, 4.69) is 29.0 Å². The van der Waals surface area contributed by atoms with Crippen LogP contribution < -0.4 is 10.6 Å². The van der Waals surface area contributed by atoms with Crippen molar-refractivity contribution in [3.8, 4) is 0 Å². The number of ether oxygens (including phenoxy) is 3. The Bertz CT molecular complexity index is 1460. The number of nitrogens with one attached hydrogen (secondary N) is 2. The Kier molecular flexibility index (Phi) is 12.2. The number of hydrogen-bond donors (Lipinski definition) is 3. The van der Waals surface area contributed by atoms with Crippen LogP contribution in [0.15, 0.2) is 91.5 Å². The maximum absolute atomic E-state index is 13.1. The number of methoxy groups -OCH3 is 1. The van der Waals surface area contributed by atoms with E-state index in [4.69, 9.17) is 14.2 Å². The molecule has 1 aliphatic carbocycles. The maximum atomic E-state index is 13.1. The van der Waals surface area contributed by atoms with Gasteiger partial charge < -0.3 is 30.0 Å². The fraction of sp³-hybridized carbons (Fsp3) is 0.421. The minimum atomic E-state index is -0.853. The highest BCUT2D eigenvalue weighted by Gasteiger charge is 2.40. The summed E-state index contributed by atoms with van der Waals surface area (Å²) in [6.07, 6.45) is 6.05. The van der Waals surface area contributed by atoms with Gasteiger partial charge in [-0.25, -0.2) is 9.59 Å². The normalized spacial score (nSPS) is 22.0. The van der Waals surface area contributed by atoms with Crippen molar-refractivity contribution in [3.05, 3.63) is 114 Å². The van der Waals surface area contributed by atoms with Gasteiger partial charge in [0.25, 0.3) is 0 Å². The van der Waals surface area contributed by atoms with Crippen molar-refractivity contribution in [1.82, 2.24) is 10.2 Å². The molecule has 1 saturated carbocycles. The Balaban J connectivity index is 1.34.